The second-order valence-corrected chi connectivity index (χ2v) is 6.40. The fraction of sp³-hybridized carbons (Fsp3) is 0.143. The van der Waals surface area contributed by atoms with Crippen molar-refractivity contribution in [2.24, 2.45) is 0 Å². The first-order valence-corrected chi connectivity index (χ1v) is 7.81. The molecule has 2 aromatic carbocycles. The van der Waals surface area contributed by atoms with E-state index < -0.39 is 15.8 Å². The first-order valence-electron chi connectivity index (χ1n) is 5.99. The Morgan fingerprint density at radius 3 is 2.10 bits per heavy atom. The molecule has 0 heterocycles. The van der Waals surface area contributed by atoms with Crippen molar-refractivity contribution in [1.29, 1.82) is 0 Å². The summed E-state index contributed by atoms with van der Waals surface area (Å²) in [5.74, 6) is -0.474. The molecule has 0 N–H and O–H groups in total. The van der Waals surface area contributed by atoms with Gasteiger partial charge in [-0.05, 0) is 55.5 Å². The average molecular weight is 314 g/mol. The number of hydrogen-bond donors (Lipinski definition) is 0. The number of nitrogens with zero attached hydrogens (tertiary/aromatic N) is 1. The van der Waals surface area contributed by atoms with Crippen molar-refractivity contribution in [1.82, 2.24) is 0 Å². The van der Waals surface area contributed by atoms with Gasteiger partial charge in [0, 0.05) is 11.6 Å². The molecule has 0 aliphatic carbocycles. The summed E-state index contributed by atoms with van der Waals surface area (Å²) < 4.78 is 39.2. The van der Waals surface area contributed by atoms with Crippen molar-refractivity contribution in [2.45, 2.75) is 11.8 Å². The minimum Gasteiger partial charge on any atom is -0.267 e. The van der Waals surface area contributed by atoms with E-state index in [1.807, 2.05) is 0 Å². The summed E-state index contributed by atoms with van der Waals surface area (Å²) in [5.41, 5.74) is 0.515. The lowest BCUT2D eigenvalue weighted by Gasteiger charge is -2.23. The van der Waals surface area contributed by atoms with Gasteiger partial charge in [-0.15, -0.1) is 0 Å². The predicted molar refractivity (Wildman–Crippen MR) is 78.1 cm³/mol. The van der Waals surface area contributed by atoms with Gasteiger partial charge < -0.3 is 0 Å². The van der Waals surface area contributed by atoms with E-state index in [1.165, 1.54) is 16.4 Å². The van der Waals surface area contributed by atoms with Crippen LogP contribution in [0.4, 0.5) is 10.1 Å². The Morgan fingerprint density at radius 2 is 1.60 bits per heavy atom. The number of halogens is 2. The van der Waals surface area contributed by atoms with Gasteiger partial charge in [0.1, 0.15) is 5.82 Å². The van der Waals surface area contributed by atoms with E-state index in [2.05, 4.69) is 0 Å². The van der Waals surface area contributed by atoms with Crippen LogP contribution in [0.1, 0.15) is 6.92 Å². The predicted octanol–water partition coefficient (Wildman–Crippen LogP) is 3.69. The average Bonchev–Trinajstić information content (AvgIpc) is 2.42. The molecule has 106 valence electrons. The molecule has 0 radical (unpaired) electrons. The highest BCUT2D eigenvalue weighted by Gasteiger charge is 2.23. The summed E-state index contributed by atoms with van der Waals surface area (Å²) in [6, 6.07) is 11.3. The summed E-state index contributed by atoms with van der Waals surface area (Å²) >= 11 is 5.80. The van der Waals surface area contributed by atoms with E-state index in [-0.39, 0.29) is 11.4 Å². The van der Waals surface area contributed by atoms with Crippen LogP contribution in [-0.4, -0.2) is 15.0 Å². The molecule has 0 saturated carbocycles. The van der Waals surface area contributed by atoms with Crippen LogP contribution in [0.15, 0.2) is 53.4 Å². The highest BCUT2D eigenvalue weighted by molar-refractivity contribution is 7.92. The second-order valence-electron chi connectivity index (χ2n) is 4.10. The van der Waals surface area contributed by atoms with Gasteiger partial charge in [0.05, 0.1) is 10.6 Å². The molecule has 0 atom stereocenters. The Morgan fingerprint density at radius 1 is 1.05 bits per heavy atom. The maximum atomic E-state index is 12.9. The largest absolute Gasteiger partial charge is 0.267 e. The fourth-order valence-corrected chi connectivity index (χ4v) is 3.43. The maximum absolute atomic E-state index is 12.9. The van der Waals surface area contributed by atoms with Crippen molar-refractivity contribution >= 4 is 27.3 Å². The molecular formula is C14H13ClFNO2S. The minimum atomic E-state index is -3.71. The van der Waals surface area contributed by atoms with Gasteiger partial charge in [-0.2, -0.15) is 0 Å². The molecule has 0 bridgehead atoms. The van der Waals surface area contributed by atoms with Crippen LogP contribution in [0.2, 0.25) is 5.02 Å². The van der Waals surface area contributed by atoms with Crippen LogP contribution in [0, 0.1) is 5.82 Å². The van der Waals surface area contributed by atoms with Crippen molar-refractivity contribution in [2.75, 3.05) is 10.8 Å². The highest BCUT2D eigenvalue weighted by atomic mass is 35.5. The van der Waals surface area contributed by atoms with E-state index in [0.717, 1.165) is 12.1 Å². The van der Waals surface area contributed by atoms with Crippen molar-refractivity contribution in [3.63, 3.8) is 0 Å². The van der Waals surface area contributed by atoms with Crippen LogP contribution in [0.25, 0.3) is 0 Å². The topological polar surface area (TPSA) is 37.4 Å². The van der Waals surface area contributed by atoms with E-state index in [0.29, 0.717) is 10.7 Å². The molecule has 0 spiro atoms. The zero-order valence-electron chi connectivity index (χ0n) is 10.8. The SMILES string of the molecule is CCN(c1ccc(Cl)cc1)S(=O)(=O)c1ccc(F)cc1. The van der Waals surface area contributed by atoms with Gasteiger partial charge in [0.25, 0.3) is 10.0 Å². The quantitative estimate of drug-likeness (QED) is 0.863. The Kier molecular flexibility index (Phi) is 4.30. The Labute approximate surface area is 122 Å². The number of sulfonamides is 1. The number of hydrogen-bond acceptors (Lipinski definition) is 2. The van der Waals surface area contributed by atoms with Gasteiger partial charge in [0.15, 0.2) is 0 Å². The summed E-state index contributed by atoms with van der Waals surface area (Å²) in [5, 5.41) is 0.531. The highest BCUT2D eigenvalue weighted by Crippen LogP contribution is 2.24. The molecule has 20 heavy (non-hydrogen) atoms. The maximum Gasteiger partial charge on any atom is 0.264 e. The third-order valence-electron chi connectivity index (χ3n) is 2.80. The molecule has 2 rings (SSSR count). The number of rotatable bonds is 4. The van der Waals surface area contributed by atoms with Crippen molar-refractivity contribution in [3.8, 4) is 0 Å². The van der Waals surface area contributed by atoms with Crippen LogP contribution >= 0.6 is 11.6 Å². The normalized spacial score (nSPS) is 11.3. The van der Waals surface area contributed by atoms with Gasteiger partial charge >= 0.3 is 0 Å². The Hall–Kier alpha value is -1.59. The van der Waals surface area contributed by atoms with Crippen LogP contribution < -0.4 is 4.31 Å². The van der Waals surface area contributed by atoms with Gasteiger partial charge in [-0.3, -0.25) is 4.31 Å². The van der Waals surface area contributed by atoms with Gasteiger partial charge in [-0.1, -0.05) is 11.6 Å². The summed E-state index contributed by atoms with van der Waals surface area (Å²) in [4.78, 5) is 0.0516. The molecule has 0 unspecified atom stereocenters. The molecular weight excluding hydrogens is 301 g/mol. The van der Waals surface area contributed by atoms with Crippen LogP contribution in [0.3, 0.4) is 0 Å². The Bertz CT molecular complexity index is 684. The first kappa shape index (κ1) is 14.8. The molecule has 0 saturated heterocycles. The lowest BCUT2D eigenvalue weighted by atomic mass is 10.3. The monoisotopic (exact) mass is 313 g/mol. The van der Waals surface area contributed by atoms with Crippen LogP contribution in [-0.2, 0) is 10.0 Å². The summed E-state index contributed by atoms with van der Waals surface area (Å²) in [7, 11) is -3.71. The lowest BCUT2D eigenvalue weighted by molar-refractivity contribution is 0.590. The molecule has 0 aromatic heterocycles. The molecule has 6 heteroatoms. The van der Waals surface area contributed by atoms with Gasteiger partial charge in [-0.25, -0.2) is 12.8 Å². The van der Waals surface area contributed by atoms with Gasteiger partial charge in [0.2, 0.25) is 0 Å². The molecule has 2 aromatic rings. The standard InChI is InChI=1S/C14H13ClFNO2S/c1-2-17(13-7-3-11(15)4-8-13)20(18,19)14-9-5-12(16)6-10-14/h3-10H,2H2,1H3. The Balaban J connectivity index is 2.44. The van der Waals surface area contributed by atoms with Crippen LogP contribution in [0.5, 0.6) is 0 Å². The van der Waals surface area contributed by atoms with E-state index >= 15 is 0 Å². The molecule has 0 aliphatic rings. The third-order valence-corrected chi connectivity index (χ3v) is 4.97. The minimum absolute atomic E-state index is 0.0516. The molecule has 3 nitrogen and oxygen atoms in total. The molecule has 0 aliphatic heterocycles. The number of benzene rings is 2. The van der Waals surface area contributed by atoms with E-state index in [1.54, 1.807) is 31.2 Å². The fourth-order valence-electron chi connectivity index (χ4n) is 1.83. The zero-order valence-corrected chi connectivity index (χ0v) is 12.3. The summed E-state index contributed by atoms with van der Waals surface area (Å²) in [6.07, 6.45) is 0. The number of anilines is 1. The second kappa shape index (κ2) is 5.81. The van der Waals surface area contributed by atoms with Crippen molar-refractivity contribution in [3.05, 3.63) is 59.4 Å². The first-order chi connectivity index (χ1) is 9.45. The molecule has 0 fully saturated rings. The van der Waals surface area contributed by atoms with E-state index in [9.17, 15) is 12.8 Å². The zero-order chi connectivity index (χ0) is 14.8. The van der Waals surface area contributed by atoms with Crippen molar-refractivity contribution < 1.29 is 12.8 Å². The lowest BCUT2D eigenvalue weighted by Crippen LogP contribution is -2.30. The smallest absolute Gasteiger partial charge is 0.264 e. The summed E-state index contributed by atoms with van der Waals surface area (Å²) in [6.45, 7) is 2.00. The molecule has 0 amide bonds. The third kappa shape index (κ3) is 2.94. The van der Waals surface area contributed by atoms with E-state index in [4.69, 9.17) is 11.6 Å².